The Morgan fingerprint density at radius 3 is 2.55 bits per heavy atom. The molecule has 1 saturated heterocycles. The number of nitrogens with zero attached hydrogens (tertiary/aromatic N) is 5. The number of rotatable bonds is 3. The van der Waals surface area contributed by atoms with Crippen LogP contribution in [0.2, 0.25) is 0 Å². The van der Waals surface area contributed by atoms with Gasteiger partial charge in [-0.3, -0.25) is 4.98 Å². The quantitative estimate of drug-likeness (QED) is 0.478. The molecule has 4 aromatic heterocycles. The normalized spacial score (nSPS) is 14.1. The van der Waals surface area contributed by atoms with Crippen molar-refractivity contribution in [3.05, 3.63) is 48.9 Å². The molecule has 29 heavy (non-hydrogen) atoms. The highest BCUT2D eigenvalue weighted by Crippen LogP contribution is 2.33. The number of aromatic nitrogens is 4. The molecule has 1 aliphatic heterocycles. The van der Waals surface area contributed by atoms with Gasteiger partial charge in [-0.1, -0.05) is 13.8 Å². The van der Waals surface area contributed by atoms with Crippen molar-refractivity contribution >= 4 is 40.1 Å². The summed E-state index contributed by atoms with van der Waals surface area (Å²) in [6, 6.07) is 9.69. The number of hydrogen-bond donors (Lipinski definition) is 0. The summed E-state index contributed by atoms with van der Waals surface area (Å²) in [6.45, 7) is 7.14. The van der Waals surface area contributed by atoms with Crippen molar-refractivity contribution in [1.82, 2.24) is 18.9 Å². The summed E-state index contributed by atoms with van der Waals surface area (Å²) in [5, 5.41) is 1.77. The van der Waals surface area contributed by atoms with Gasteiger partial charge in [0.25, 0.3) is 0 Å². The van der Waals surface area contributed by atoms with E-state index in [1.165, 1.54) is 3.97 Å². The lowest BCUT2D eigenvalue weighted by Gasteiger charge is -2.27. The zero-order valence-corrected chi connectivity index (χ0v) is 17.2. The molecule has 8 heteroatoms. The molecule has 6 nitrogen and oxygen atoms in total. The number of ether oxygens (including phenoxy) is 1. The molecule has 0 unspecified atom stereocenters. The maximum Gasteiger partial charge on any atom is 0.171 e. The first-order valence-electron chi connectivity index (χ1n) is 9.68. The minimum Gasteiger partial charge on any atom is -0.378 e. The van der Waals surface area contributed by atoms with E-state index in [9.17, 15) is 3.89 Å². The Morgan fingerprint density at radius 2 is 1.83 bits per heavy atom. The third-order valence-electron chi connectivity index (χ3n) is 4.82. The summed E-state index contributed by atoms with van der Waals surface area (Å²) < 4.78 is 20.5. The molecule has 5 rings (SSSR count). The second kappa shape index (κ2) is 8.75. The molecule has 0 atom stereocenters. The van der Waals surface area contributed by atoms with Crippen LogP contribution < -0.4 is 4.90 Å². The molecule has 150 valence electrons. The van der Waals surface area contributed by atoms with Crippen LogP contribution in [0.4, 0.5) is 9.70 Å². The Morgan fingerprint density at radius 1 is 1.00 bits per heavy atom. The van der Waals surface area contributed by atoms with E-state index in [-0.39, 0.29) is 12.3 Å². The van der Waals surface area contributed by atoms with Gasteiger partial charge in [0.1, 0.15) is 5.82 Å². The van der Waals surface area contributed by atoms with Gasteiger partial charge in [-0.15, -0.1) is 3.89 Å². The molecule has 0 aromatic carbocycles. The van der Waals surface area contributed by atoms with Gasteiger partial charge in [-0.25, -0.2) is 13.9 Å². The van der Waals surface area contributed by atoms with Crippen molar-refractivity contribution in [1.29, 1.82) is 0 Å². The predicted molar refractivity (Wildman–Crippen MR) is 117 cm³/mol. The van der Waals surface area contributed by atoms with Crippen molar-refractivity contribution in [3.63, 3.8) is 0 Å². The minimum absolute atomic E-state index is 0.152. The first-order valence-corrected chi connectivity index (χ1v) is 10.4. The van der Waals surface area contributed by atoms with E-state index in [0.29, 0.717) is 5.65 Å². The standard InChI is InChI=1S/C19H16FN5OS.C2H6/c20-27-25-17-5-6-21-12-15(17)14-2-3-16(23-19(14)25)13-1-4-18(22-11-13)24-7-9-26-10-8-24;1-2/h1-6,11-12H,7-10H2;1-2H3. The lowest BCUT2D eigenvalue weighted by molar-refractivity contribution is 0.122. The zero-order chi connectivity index (χ0) is 20.2. The third kappa shape index (κ3) is 3.65. The summed E-state index contributed by atoms with van der Waals surface area (Å²) in [5.74, 6) is 0.933. The topological polar surface area (TPSA) is 56.1 Å². The van der Waals surface area contributed by atoms with E-state index >= 15 is 0 Å². The number of halogens is 1. The molecule has 5 heterocycles. The number of pyridine rings is 3. The van der Waals surface area contributed by atoms with Gasteiger partial charge in [0.15, 0.2) is 18.0 Å². The molecule has 0 saturated carbocycles. The lowest BCUT2D eigenvalue weighted by atomic mass is 10.1. The number of fused-ring (bicyclic) bond motifs is 3. The van der Waals surface area contributed by atoms with Gasteiger partial charge in [-0.05, 0) is 30.3 Å². The Hall–Kier alpha value is -2.71. The van der Waals surface area contributed by atoms with Crippen LogP contribution >= 0.6 is 12.3 Å². The predicted octanol–water partition coefficient (Wildman–Crippen LogP) is 4.89. The lowest BCUT2D eigenvalue weighted by Crippen LogP contribution is -2.36. The number of morpholine rings is 1. The summed E-state index contributed by atoms with van der Waals surface area (Å²) in [6.07, 6.45) is 5.21. The number of anilines is 1. The van der Waals surface area contributed by atoms with E-state index in [1.54, 1.807) is 18.5 Å². The average molecular weight is 412 g/mol. The average Bonchev–Trinajstić information content (AvgIpc) is 3.14. The summed E-state index contributed by atoms with van der Waals surface area (Å²) in [5.41, 5.74) is 3.00. The minimum atomic E-state index is 0.152. The van der Waals surface area contributed by atoms with E-state index in [0.717, 1.165) is 59.7 Å². The molecule has 0 amide bonds. The molecule has 0 radical (unpaired) electrons. The fourth-order valence-electron chi connectivity index (χ4n) is 3.45. The van der Waals surface area contributed by atoms with Crippen LogP contribution in [0.25, 0.3) is 33.2 Å². The fraction of sp³-hybridized carbons (Fsp3) is 0.286. The smallest absolute Gasteiger partial charge is 0.171 e. The summed E-state index contributed by atoms with van der Waals surface area (Å²) in [4.78, 5) is 15.6. The van der Waals surface area contributed by atoms with Gasteiger partial charge in [0, 0.05) is 48.0 Å². The van der Waals surface area contributed by atoms with Crippen LogP contribution in [0.3, 0.4) is 0 Å². The van der Waals surface area contributed by atoms with Crippen molar-refractivity contribution in [3.8, 4) is 11.3 Å². The van der Waals surface area contributed by atoms with Crippen LogP contribution in [0, 0.1) is 0 Å². The van der Waals surface area contributed by atoms with Gasteiger partial charge < -0.3 is 9.64 Å². The second-order valence-corrected chi connectivity index (χ2v) is 6.83. The monoisotopic (exact) mass is 411 g/mol. The summed E-state index contributed by atoms with van der Waals surface area (Å²) >= 11 is 0.152. The molecule has 0 bridgehead atoms. The highest BCUT2D eigenvalue weighted by molar-refractivity contribution is 7.93. The Labute approximate surface area is 173 Å². The van der Waals surface area contributed by atoms with Crippen LogP contribution in [0.1, 0.15) is 13.8 Å². The fourth-order valence-corrected chi connectivity index (χ4v) is 3.89. The largest absolute Gasteiger partial charge is 0.378 e. The third-order valence-corrected chi connectivity index (χ3v) is 5.33. The maximum absolute atomic E-state index is 13.6. The SMILES string of the molecule is CC.FSn1c2ccncc2c2ccc(-c3ccc(N4CCOCC4)nc3)nc21. The molecule has 0 N–H and O–H groups in total. The highest BCUT2D eigenvalue weighted by atomic mass is 32.2. The van der Waals surface area contributed by atoms with Crippen molar-refractivity contribution < 1.29 is 8.62 Å². The molecule has 0 aliphatic carbocycles. The van der Waals surface area contributed by atoms with Gasteiger partial charge in [0.2, 0.25) is 0 Å². The highest BCUT2D eigenvalue weighted by Gasteiger charge is 2.15. The molecule has 1 aliphatic rings. The van der Waals surface area contributed by atoms with Crippen molar-refractivity contribution in [2.45, 2.75) is 13.8 Å². The Balaban J connectivity index is 0.000000994. The Kier molecular flexibility index (Phi) is 5.92. The maximum atomic E-state index is 13.6. The molecular weight excluding hydrogens is 389 g/mol. The molecule has 4 aromatic rings. The van der Waals surface area contributed by atoms with Gasteiger partial charge >= 0.3 is 0 Å². The molecular formula is C21H22FN5OS. The summed E-state index contributed by atoms with van der Waals surface area (Å²) in [7, 11) is 0. The van der Waals surface area contributed by atoms with Crippen molar-refractivity contribution in [2.75, 3.05) is 31.2 Å². The van der Waals surface area contributed by atoms with Gasteiger partial charge in [-0.2, -0.15) is 0 Å². The van der Waals surface area contributed by atoms with E-state index in [1.807, 2.05) is 44.3 Å². The Bertz CT molecular complexity index is 1110. The molecule has 0 spiro atoms. The van der Waals surface area contributed by atoms with Crippen LogP contribution in [-0.2, 0) is 4.74 Å². The van der Waals surface area contributed by atoms with E-state index < -0.39 is 0 Å². The van der Waals surface area contributed by atoms with Crippen LogP contribution in [0.15, 0.2) is 48.9 Å². The van der Waals surface area contributed by atoms with Crippen molar-refractivity contribution in [2.24, 2.45) is 0 Å². The first-order chi connectivity index (χ1) is 14.3. The molecule has 1 fully saturated rings. The second-order valence-electron chi connectivity index (χ2n) is 6.33. The van der Waals surface area contributed by atoms with E-state index in [4.69, 9.17) is 9.72 Å². The number of hydrogen-bond acceptors (Lipinski definition) is 6. The van der Waals surface area contributed by atoms with Crippen LogP contribution in [-0.4, -0.2) is 45.2 Å². The first kappa shape index (κ1) is 19.6. The van der Waals surface area contributed by atoms with Crippen LogP contribution in [0.5, 0.6) is 0 Å². The van der Waals surface area contributed by atoms with Gasteiger partial charge in [0.05, 0.1) is 24.4 Å². The zero-order valence-electron chi connectivity index (χ0n) is 16.4. The van der Waals surface area contributed by atoms with E-state index in [2.05, 4.69) is 14.9 Å².